The predicted octanol–water partition coefficient (Wildman–Crippen LogP) is 7.85. The lowest BCUT2D eigenvalue weighted by molar-refractivity contribution is -0.145. The summed E-state index contributed by atoms with van der Waals surface area (Å²) in [6.45, 7) is 22.8. The molecule has 0 fully saturated rings. The van der Waals surface area contributed by atoms with Crippen LogP contribution in [-0.2, 0) is 24.5 Å². The Hall–Kier alpha value is -4.06. The van der Waals surface area contributed by atoms with E-state index in [1.807, 2.05) is 50.3 Å². The van der Waals surface area contributed by atoms with E-state index in [0.29, 0.717) is 22.6 Å². The van der Waals surface area contributed by atoms with Crippen molar-refractivity contribution in [3.8, 4) is 11.5 Å². The topological polar surface area (TPSA) is 71.1 Å². The summed E-state index contributed by atoms with van der Waals surface area (Å²) >= 11 is 0. The quantitative estimate of drug-likeness (QED) is 0.173. The summed E-state index contributed by atoms with van der Waals surface area (Å²) in [5, 5.41) is 0. The Bertz CT molecular complexity index is 1210. The van der Waals surface area contributed by atoms with Crippen molar-refractivity contribution in [3.63, 3.8) is 0 Å². The van der Waals surface area contributed by atoms with E-state index in [-0.39, 0.29) is 18.6 Å². The fraction of sp³-hybridized carbons (Fsp3) is 0.371. The molecule has 220 valence electrons. The first-order valence-electron chi connectivity index (χ1n) is 13.8. The molecule has 6 heteroatoms. The second-order valence-electron chi connectivity index (χ2n) is 10.7. The molecule has 0 saturated heterocycles. The summed E-state index contributed by atoms with van der Waals surface area (Å²) in [6, 6.07) is 12.3. The molecule has 2 aromatic rings. The van der Waals surface area contributed by atoms with Crippen molar-refractivity contribution in [3.05, 3.63) is 95.1 Å². The number of allylic oxidation sites excluding steroid dienone is 2. The van der Waals surface area contributed by atoms with E-state index < -0.39 is 24.1 Å². The normalized spacial score (nSPS) is 13.1. The van der Waals surface area contributed by atoms with Crippen LogP contribution in [0.3, 0.4) is 0 Å². The minimum atomic E-state index is -0.429. The highest BCUT2D eigenvalue weighted by Crippen LogP contribution is 2.37. The van der Waals surface area contributed by atoms with Crippen LogP contribution in [0.2, 0.25) is 0 Å². The van der Waals surface area contributed by atoms with Gasteiger partial charge in [-0.15, -0.1) is 0 Å². The van der Waals surface area contributed by atoms with Gasteiger partial charge in [-0.3, -0.25) is 0 Å². The molecule has 2 rings (SSSR count). The van der Waals surface area contributed by atoms with Gasteiger partial charge in [0, 0.05) is 27.7 Å². The molecule has 2 unspecified atom stereocenters. The first-order chi connectivity index (χ1) is 19.3. The van der Waals surface area contributed by atoms with E-state index in [4.69, 9.17) is 18.9 Å². The number of benzene rings is 2. The fourth-order valence-electron chi connectivity index (χ4n) is 3.97. The molecule has 0 N–H and O–H groups in total. The average molecular weight is 561 g/mol. The minimum absolute atomic E-state index is 0.228. The summed E-state index contributed by atoms with van der Waals surface area (Å²) in [4.78, 5) is 23.6. The lowest BCUT2D eigenvalue weighted by atomic mass is 9.77. The smallest absolute Gasteiger partial charge is 0.333 e. The third-order valence-electron chi connectivity index (χ3n) is 6.42. The van der Waals surface area contributed by atoms with Gasteiger partial charge in [-0.05, 0) is 76.9 Å². The molecule has 0 bridgehead atoms. The lowest BCUT2D eigenvalue weighted by Gasteiger charge is -2.28. The van der Waals surface area contributed by atoms with Gasteiger partial charge in [-0.25, -0.2) is 9.59 Å². The van der Waals surface area contributed by atoms with Crippen LogP contribution in [0.1, 0.15) is 77.6 Å². The molecular weight excluding hydrogens is 516 g/mol. The summed E-state index contributed by atoms with van der Waals surface area (Å²) in [7, 11) is 0. The highest BCUT2D eigenvalue weighted by molar-refractivity contribution is 5.87. The molecule has 2 atom stereocenters. The van der Waals surface area contributed by atoms with Crippen molar-refractivity contribution >= 4 is 24.1 Å². The van der Waals surface area contributed by atoms with Gasteiger partial charge in [0.05, 0.1) is 0 Å². The van der Waals surface area contributed by atoms with Crippen molar-refractivity contribution in [1.82, 2.24) is 0 Å². The number of hydrogen-bond donors (Lipinski definition) is 0. The SMILES string of the molecule is C=C(C)C(=O)OC(C)COc1ccc(C(C)(C)c2ccc(OCC(C)OC(=O)C(=C)C)c(C=CC)c2)cc1C=CC. The molecular formula is C35H44O6. The Balaban J connectivity index is 2.28. The second kappa shape index (κ2) is 15.1. The maximum Gasteiger partial charge on any atom is 0.333 e. The monoisotopic (exact) mass is 560 g/mol. The molecule has 41 heavy (non-hydrogen) atoms. The lowest BCUT2D eigenvalue weighted by Crippen LogP contribution is -2.23. The predicted molar refractivity (Wildman–Crippen MR) is 166 cm³/mol. The third-order valence-corrected chi connectivity index (χ3v) is 6.42. The average Bonchev–Trinajstić information content (AvgIpc) is 2.91. The van der Waals surface area contributed by atoms with Crippen LogP contribution in [0.25, 0.3) is 12.2 Å². The van der Waals surface area contributed by atoms with E-state index in [2.05, 4.69) is 51.3 Å². The Morgan fingerprint density at radius 3 is 1.44 bits per heavy atom. The zero-order valence-electron chi connectivity index (χ0n) is 25.7. The zero-order chi connectivity index (χ0) is 30.7. The summed E-state index contributed by atoms with van der Waals surface area (Å²) in [5.41, 5.74) is 4.47. The Labute approximate surface area is 245 Å². The van der Waals surface area contributed by atoms with Crippen LogP contribution in [0, 0.1) is 0 Å². The zero-order valence-corrected chi connectivity index (χ0v) is 25.7. The van der Waals surface area contributed by atoms with Gasteiger partial charge in [-0.2, -0.15) is 0 Å². The van der Waals surface area contributed by atoms with Gasteiger partial charge >= 0.3 is 11.9 Å². The summed E-state index contributed by atoms with van der Waals surface area (Å²) in [5.74, 6) is 0.559. The van der Waals surface area contributed by atoms with E-state index in [9.17, 15) is 9.59 Å². The van der Waals surface area contributed by atoms with Crippen LogP contribution >= 0.6 is 0 Å². The van der Waals surface area contributed by atoms with E-state index >= 15 is 0 Å². The minimum Gasteiger partial charge on any atom is -0.489 e. The maximum absolute atomic E-state index is 11.8. The third kappa shape index (κ3) is 9.52. The van der Waals surface area contributed by atoms with E-state index in [1.165, 1.54) is 0 Å². The molecule has 0 saturated carbocycles. The highest BCUT2D eigenvalue weighted by Gasteiger charge is 2.25. The maximum atomic E-state index is 11.8. The van der Waals surface area contributed by atoms with Gasteiger partial charge in [-0.1, -0.05) is 63.4 Å². The molecule has 0 heterocycles. The number of esters is 2. The van der Waals surface area contributed by atoms with Gasteiger partial charge in [0.25, 0.3) is 0 Å². The second-order valence-corrected chi connectivity index (χ2v) is 10.7. The Morgan fingerprint density at radius 1 is 0.756 bits per heavy atom. The molecule has 0 aromatic heterocycles. The van der Waals surface area contributed by atoms with Gasteiger partial charge in [0.15, 0.2) is 0 Å². The molecule has 0 amide bonds. The highest BCUT2D eigenvalue weighted by atomic mass is 16.6. The van der Waals surface area contributed by atoms with Crippen LogP contribution < -0.4 is 9.47 Å². The Kier molecular flexibility index (Phi) is 12.2. The Morgan fingerprint density at radius 2 is 1.12 bits per heavy atom. The summed E-state index contributed by atoms with van der Waals surface area (Å²) in [6.07, 6.45) is 7.11. The van der Waals surface area contributed by atoms with Crippen LogP contribution in [0.4, 0.5) is 0 Å². The molecule has 0 spiro atoms. The number of rotatable bonds is 14. The molecule has 0 radical (unpaired) electrons. The van der Waals surface area contributed by atoms with Gasteiger partial charge < -0.3 is 18.9 Å². The largest absolute Gasteiger partial charge is 0.489 e. The van der Waals surface area contributed by atoms with E-state index in [0.717, 1.165) is 22.3 Å². The van der Waals surface area contributed by atoms with E-state index in [1.54, 1.807) is 27.7 Å². The van der Waals surface area contributed by atoms with Crippen molar-refractivity contribution in [2.24, 2.45) is 0 Å². The van der Waals surface area contributed by atoms with Crippen molar-refractivity contribution in [1.29, 1.82) is 0 Å². The van der Waals surface area contributed by atoms with Crippen molar-refractivity contribution in [2.75, 3.05) is 13.2 Å². The van der Waals surface area contributed by atoms with Crippen molar-refractivity contribution < 1.29 is 28.5 Å². The summed E-state index contributed by atoms with van der Waals surface area (Å²) < 4.78 is 22.8. The number of ether oxygens (including phenoxy) is 4. The fourth-order valence-corrected chi connectivity index (χ4v) is 3.97. The van der Waals surface area contributed by atoms with Crippen LogP contribution in [0.5, 0.6) is 11.5 Å². The number of hydrogen-bond acceptors (Lipinski definition) is 6. The molecule has 6 nitrogen and oxygen atoms in total. The van der Waals surface area contributed by atoms with Gasteiger partial charge in [0.2, 0.25) is 0 Å². The van der Waals surface area contributed by atoms with Crippen molar-refractivity contribution in [2.45, 2.75) is 73.0 Å². The number of carbonyl (C=O) groups is 2. The van der Waals surface area contributed by atoms with Gasteiger partial charge in [0.1, 0.15) is 36.9 Å². The molecule has 2 aromatic carbocycles. The molecule has 0 aliphatic rings. The first-order valence-corrected chi connectivity index (χ1v) is 13.8. The van der Waals surface area contributed by atoms with Crippen LogP contribution in [-0.4, -0.2) is 37.4 Å². The first kappa shape index (κ1) is 33.1. The standard InChI is InChI=1S/C35H44O6/c1-11-13-27-19-29(15-17-31(27)38-21-25(7)40-33(36)23(3)4)35(9,10)30-16-18-32(28(20-30)14-12-2)39-22-26(8)41-34(37)24(5)6/h11-20,25-26H,3,5,21-22H2,1-2,4,6-10H3. The molecule has 0 aliphatic heterocycles. The van der Waals surface area contributed by atoms with Crippen LogP contribution in [0.15, 0.2) is 72.9 Å². The number of carbonyl (C=O) groups excluding carboxylic acids is 2. The molecule has 0 aliphatic carbocycles.